The lowest BCUT2D eigenvalue weighted by atomic mass is 10.2. The number of amides is 1. The van der Waals surface area contributed by atoms with Gasteiger partial charge in [0.25, 0.3) is 0 Å². The van der Waals surface area contributed by atoms with E-state index >= 15 is 0 Å². The molecule has 0 aliphatic carbocycles. The van der Waals surface area contributed by atoms with Crippen LogP contribution >= 0.6 is 0 Å². The minimum Gasteiger partial charge on any atom is -0.437 e. The van der Waals surface area contributed by atoms with E-state index in [1.165, 1.54) is 0 Å². The monoisotopic (exact) mass is 309 g/mol. The number of nitrogens with one attached hydrogen (secondary N) is 1. The first kappa shape index (κ1) is 14.7. The SMILES string of the molecule is C[C@H](C(=O)Nc1cccc(Oc2cccnn2)c1)n1ccnc1. The van der Waals surface area contributed by atoms with Crippen LogP contribution in [0.4, 0.5) is 5.69 Å². The fourth-order valence-corrected chi connectivity index (χ4v) is 1.98. The van der Waals surface area contributed by atoms with E-state index in [0.29, 0.717) is 17.3 Å². The number of carbonyl (C=O) groups excluding carboxylic acids is 1. The maximum Gasteiger partial charge on any atom is 0.247 e. The molecule has 2 heterocycles. The Hall–Kier alpha value is -3.22. The molecule has 1 atom stereocenters. The van der Waals surface area contributed by atoms with Gasteiger partial charge >= 0.3 is 0 Å². The topological polar surface area (TPSA) is 81.9 Å². The number of aromatic nitrogens is 4. The van der Waals surface area contributed by atoms with E-state index in [0.717, 1.165) is 0 Å². The Morgan fingerprint density at radius 3 is 2.91 bits per heavy atom. The largest absolute Gasteiger partial charge is 0.437 e. The van der Waals surface area contributed by atoms with Gasteiger partial charge < -0.3 is 14.6 Å². The zero-order valence-electron chi connectivity index (χ0n) is 12.5. The number of anilines is 1. The summed E-state index contributed by atoms with van der Waals surface area (Å²) < 4.78 is 7.32. The maximum absolute atomic E-state index is 12.3. The van der Waals surface area contributed by atoms with Crippen molar-refractivity contribution in [3.63, 3.8) is 0 Å². The third-order valence-electron chi connectivity index (χ3n) is 3.22. The summed E-state index contributed by atoms with van der Waals surface area (Å²) in [6.07, 6.45) is 6.57. The Morgan fingerprint density at radius 1 is 1.26 bits per heavy atom. The molecule has 0 spiro atoms. The van der Waals surface area contributed by atoms with Crippen LogP contribution in [0.1, 0.15) is 13.0 Å². The molecule has 116 valence electrons. The van der Waals surface area contributed by atoms with E-state index in [1.54, 1.807) is 72.8 Å². The number of imidazole rings is 1. The Balaban J connectivity index is 1.69. The number of ether oxygens (including phenoxy) is 1. The molecule has 0 aliphatic heterocycles. The summed E-state index contributed by atoms with van der Waals surface area (Å²) in [4.78, 5) is 16.2. The molecule has 0 fully saturated rings. The van der Waals surface area contributed by atoms with Gasteiger partial charge in [0.2, 0.25) is 11.8 Å². The normalized spacial score (nSPS) is 11.7. The molecule has 0 bridgehead atoms. The lowest BCUT2D eigenvalue weighted by molar-refractivity contribution is -0.118. The van der Waals surface area contributed by atoms with Gasteiger partial charge in [-0.15, -0.1) is 5.10 Å². The molecule has 2 aromatic heterocycles. The van der Waals surface area contributed by atoms with Gasteiger partial charge in [0.05, 0.1) is 6.33 Å². The second kappa shape index (κ2) is 6.69. The van der Waals surface area contributed by atoms with Gasteiger partial charge in [-0.05, 0) is 25.1 Å². The van der Waals surface area contributed by atoms with Crippen LogP contribution in [0.5, 0.6) is 11.6 Å². The number of benzene rings is 1. The first-order chi connectivity index (χ1) is 11.2. The average Bonchev–Trinajstić information content (AvgIpc) is 3.10. The van der Waals surface area contributed by atoms with Crippen molar-refractivity contribution in [2.24, 2.45) is 0 Å². The van der Waals surface area contributed by atoms with Crippen molar-refractivity contribution in [3.8, 4) is 11.6 Å². The molecule has 1 amide bonds. The van der Waals surface area contributed by atoms with Crippen LogP contribution < -0.4 is 10.1 Å². The van der Waals surface area contributed by atoms with Crippen molar-refractivity contribution in [3.05, 3.63) is 61.3 Å². The van der Waals surface area contributed by atoms with Crippen molar-refractivity contribution < 1.29 is 9.53 Å². The first-order valence-corrected chi connectivity index (χ1v) is 7.06. The zero-order valence-corrected chi connectivity index (χ0v) is 12.5. The van der Waals surface area contributed by atoms with E-state index in [-0.39, 0.29) is 11.9 Å². The van der Waals surface area contributed by atoms with Crippen LogP contribution in [0.15, 0.2) is 61.3 Å². The first-order valence-electron chi connectivity index (χ1n) is 7.06. The fourth-order valence-electron chi connectivity index (χ4n) is 1.98. The van der Waals surface area contributed by atoms with Gasteiger partial charge in [-0.3, -0.25) is 4.79 Å². The third kappa shape index (κ3) is 3.70. The maximum atomic E-state index is 12.3. The molecule has 0 radical (unpaired) electrons. The summed E-state index contributed by atoms with van der Waals surface area (Å²) in [5.74, 6) is 0.820. The Kier molecular flexibility index (Phi) is 4.28. The van der Waals surface area contributed by atoms with E-state index < -0.39 is 0 Å². The quantitative estimate of drug-likeness (QED) is 0.783. The summed E-state index contributed by atoms with van der Waals surface area (Å²) >= 11 is 0. The van der Waals surface area contributed by atoms with Crippen molar-refractivity contribution in [1.82, 2.24) is 19.7 Å². The van der Waals surface area contributed by atoms with Crippen molar-refractivity contribution in [2.75, 3.05) is 5.32 Å². The van der Waals surface area contributed by atoms with Gasteiger partial charge in [-0.1, -0.05) is 6.07 Å². The van der Waals surface area contributed by atoms with Gasteiger partial charge in [0.15, 0.2) is 0 Å². The predicted molar refractivity (Wildman–Crippen MR) is 84.1 cm³/mol. The summed E-state index contributed by atoms with van der Waals surface area (Å²) in [6.45, 7) is 1.80. The van der Waals surface area contributed by atoms with Crippen LogP contribution in [0.3, 0.4) is 0 Å². The number of hydrogen-bond acceptors (Lipinski definition) is 5. The summed E-state index contributed by atoms with van der Waals surface area (Å²) in [6, 6.07) is 10.2. The highest BCUT2D eigenvalue weighted by atomic mass is 16.5. The van der Waals surface area contributed by atoms with Crippen LogP contribution in [0.2, 0.25) is 0 Å². The molecular formula is C16H15N5O2. The van der Waals surface area contributed by atoms with Crippen LogP contribution in [0, 0.1) is 0 Å². The molecule has 0 unspecified atom stereocenters. The molecule has 0 saturated heterocycles. The molecule has 0 saturated carbocycles. The molecule has 7 nitrogen and oxygen atoms in total. The fraction of sp³-hybridized carbons (Fsp3) is 0.125. The third-order valence-corrected chi connectivity index (χ3v) is 3.22. The smallest absolute Gasteiger partial charge is 0.247 e. The van der Waals surface area contributed by atoms with E-state index in [9.17, 15) is 4.79 Å². The molecule has 1 aromatic carbocycles. The molecule has 23 heavy (non-hydrogen) atoms. The molecule has 3 aromatic rings. The Bertz CT molecular complexity index is 774. The standard InChI is InChI=1S/C16H15N5O2/c1-12(21-9-8-17-11-21)16(22)19-13-4-2-5-14(10-13)23-15-6-3-7-18-20-15/h2-12H,1H3,(H,19,22)/t12-/m1/s1. The number of carbonyl (C=O) groups is 1. The zero-order chi connectivity index (χ0) is 16.1. The van der Waals surface area contributed by atoms with Gasteiger partial charge in [0, 0.05) is 36.4 Å². The summed E-state index contributed by atoms with van der Waals surface area (Å²) in [5.41, 5.74) is 0.642. The van der Waals surface area contributed by atoms with Crippen molar-refractivity contribution >= 4 is 11.6 Å². The summed E-state index contributed by atoms with van der Waals surface area (Å²) in [7, 11) is 0. The van der Waals surface area contributed by atoms with Gasteiger partial charge in [-0.2, -0.15) is 5.10 Å². The van der Waals surface area contributed by atoms with Crippen molar-refractivity contribution in [1.29, 1.82) is 0 Å². The lowest BCUT2D eigenvalue weighted by Crippen LogP contribution is -2.22. The predicted octanol–water partition coefficient (Wildman–Crippen LogP) is 2.67. The molecule has 3 rings (SSSR count). The highest BCUT2D eigenvalue weighted by Crippen LogP contribution is 2.22. The molecule has 7 heteroatoms. The van der Waals surface area contributed by atoms with E-state index in [1.807, 2.05) is 0 Å². The second-order valence-corrected chi connectivity index (χ2v) is 4.87. The summed E-state index contributed by atoms with van der Waals surface area (Å²) in [5, 5.41) is 10.5. The minimum absolute atomic E-state index is 0.139. The van der Waals surface area contributed by atoms with Crippen molar-refractivity contribution in [2.45, 2.75) is 13.0 Å². The highest BCUT2D eigenvalue weighted by molar-refractivity contribution is 5.93. The molecule has 0 aliphatic rings. The second-order valence-electron chi connectivity index (χ2n) is 4.87. The lowest BCUT2D eigenvalue weighted by Gasteiger charge is -2.14. The van der Waals surface area contributed by atoms with E-state index in [2.05, 4.69) is 20.5 Å². The van der Waals surface area contributed by atoms with Crippen LogP contribution in [0.25, 0.3) is 0 Å². The number of nitrogens with zero attached hydrogens (tertiary/aromatic N) is 4. The van der Waals surface area contributed by atoms with Gasteiger partial charge in [0.1, 0.15) is 11.8 Å². The average molecular weight is 309 g/mol. The molecular weight excluding hydrogens is 294 g/mol. The Labute approximate surface area is 133 Å². The number of rotatable bonds is 5. The van der Waals surface area contributed by atoms with Crippen LogP contribution in [-0.4, -0.2) is 25.7 Å². The highest BCUT2D eigenvalue weighted by Gasteiger charge is 2.14. The minimum atomic E-state index is -0.359. The van der Waals surface area contributed by atoms with Crippen LogP contribution in [-0.2, 0) is 4.79 Å². The molecule has 1 N–H and O–H groups in total. The van der Waals surface area contributed by atoms with Gasteiger partial charge in [-0.25, -0.2) is 4.98 Å². The number of hydrogen-bond donors (Lipinski definition) is 1. The Morgan fingerprint density at radius 2 is 2.17 bits per heavy atom. The van der Waals surface area contributed by atoms with E-state index in [4.69, 9.17) is 4.74 Å².